The maximum Gasteiger partial charge on any atom is 0.251 e. The van der Waals surface area contributed by atoms with Crippen molar-refractivity contribution in [3.63, 3.8) is 0 Å². The number of thiophene rings is 1. The zero-order valence-electron chi connectivity index (χ0n) is 6.45. The summed E-state index contributed by atoms with van der Waals surface area (Å²) in [5.74, 6) is 0.614. The molecule has 3 nitrogen and oxygen atoms in total. The van der Waals surface area contributed by atoms with Gasteiger partial charge in [-0.25, -0.2) is 4.98 Å². The summed E-state index contributed by atoms with van der Waals surface area (Å²) in [6, 6.07) is 3.31. The summed E-state index contributed by atoms with van der Waals surface area (Å²) in [7, 11) is 0. The van der Waals surface area contributed by atoms with Gasteiger partial charge >= 0.3 is 0 Å². The van der Waals surface area contributed by atoms with Crippen LogP contribution in [0, 0.1) is 0 Å². The third-order valence-corrected chi connectivity index (χ3v) is 3.17. The fourth-order valence-electron chi connectivity index (χ4n) is 0.933. The van der Waals surface area contributed by atoms with Crippen molar-refractivity contribution in [1.29, 1.82) is 0 Å². The van der Waals surface area contributed by atoms with E-state index >= 15 is 0 Å². The molecule has 0 aliphatic heterocycles. The molecule has 0 aromatic carbocycles. The standard InChI is InChI=1S/C8H5BrN2OS/c9-5-3-6(13-4-5)8-10-2-1-7(12)11-8/h1-4H,(H,10,11,12). The van der Waals surface area contributed by atoms with Crippen LogP contribution in [0.2, 0.25) is 0 Å². The van der Waals surface area contributed by atoms with Gasteiger partial charge in [0.25, 0.3) is 5.56 Å². The molecule has 0 saturated heterocycles. The molecule has 0 spiro atoms. The Balaban J connectivity index is 2.52. The monoisotopic (exact) mass is 256 g/mol. The number of rotatable bonds is 1. The third-order valence-electron chi connectivity index (χ3n) is 1.47. The SMILES string of the molecule is O=c1ccnc(-c2cc(Br)cs2)[nH]1. The summed E-state index contributed by atoms with van der Waals surface area (Å²) in [6.45, 7) is 0. The first-order valence-electron chi connectivity index (χ1n) is 3.55. The van der Waals surface area contributed by atoms with Crippen molar-refractivity contribution < 1.29 is 0 Å². The zero-order chi connectivity index (χ0) is 9.26. The van der Waals surface area contributed by atoms with Crippen molar-refractivity contribution in [1.82, 2.24) is 9.97 Å². The van der Waals surface area contributed by atoms with E-state index in [4.69, 9.17) is 0 Å². The highest BCUT2D eigenvalue weighted by molar-refractivity contribution is 9.10. The van der Waals surface area contributed by atoms with Gasteiger partial charge < -0.3 is 4.98 Å². The summed E-state index contributed by atoms with van der Waals surface area (Å²) >= 11 is 4.87. The molecule has 0 unspecified atom stereocenters. The van der Waals surface area contributed by atoms with Crippen LogP contribution in [0.3, 0.4) is 0 Å². The van der Waals surface area contributed by atoms with E-state index in [0.29, 0.717) is 5.82 Å². The zero-order valence-corrected chi connectivity index (χ0v) is 8.85. The van der Waals surface area contributed by atoms with E-state index in [-0.39, 0.29) is 5.56 Å². The Kier molecular flexibility index (Phi) is 2.28. The van der Waals surface area contributed by atoms with Gasteiger partial charge in [0.1, 0.15) is 5.82 Å². The molecule has 0 saturated carbocycles. The maximum absolute atomic E-state index is 11.0. The molecule has 0 bridgehead atoms. The minimum absolute atomic E-state index is 0.130. The molecule has 2 rings (SSSR count). The van der Waals surface area contributed by atoms with Gasteiger partial charge in [-0.15, -0.1) is 11.3 Å². The van der Waals surface area contributed by atoms with E-state index in [1.54, 1.807) is 0 Å². The third kappa shape index (κ3) is 1.87. The van der Waals surface area contributed by atoms with Crippen molar-refractivity contribution in [2.24, 2.45) is 0 Å². The van der Waals surface area contributed by atoms with Crippen LogP contribution in [0.1, 0.15) is 0 Å². The number of halogens is 1. The Labute approximate surface area is 86.6 Å². The second-order valence-electron chi connectivity index (χ2n) is 2.41. The normalized spacial score (nSPS) is 10.2. The van der Waals surface area contributed by atoms with Crippen LogP contribution in [-0.2, 0) is 0 Å². The van der Waals surface area contributed by atoms with Gasteiger partial charge in [0, 0.05) is 22.1 Å². The van der Waals surface area contributed by atoms with Gasteiger partial charge in [-0.05, 0) is 22.0 Å². The summed E-state index contributed by atoms with van der Waals surface area (Å²) in [4.78, 5) is 18.6. The van der Waals surface area contributed by atoms with Gasteiger partial charge in [-0.3, -0.25) is 4.79 Å². The summed E-state index contributed by atoms with van der Waals surface area (Å²) in [6.07, 6.45) is 1.50. The van der Waals surface area contributed by atoms with Crippen molar-refractivity contribution in [2.75, 3.05) is 0 Å². The molecule has 0 aliphatic carbocycles. The number of H-pyrrole nitrogens is 1. The molecule has 13 heavy (non-hydrogen) atoms. The molecular weight excluding hydrogens is 252 g/mol. The average molecular weight is 257 g/mol. The summed E-state index contributed by atoms with van der Waals surface area (Å²) < 4.78 is 0.999. The number of nitrogens with zero attached hydrogens (tertiary/aromatic N) is 1. The molecule has 1 N–H and O–H groups in total. The second-order valence-corrected chi connectivity index (χ2v) is 4.24. The highest BCUT2D eigenvalue weighted by atomic mass is 79.9. The van der Waals surface area contributed by atoms with Crippen LogP contribution < -0.4 is 5.56 Å². The van der Waals surface area contributed by atoms with Gasteiger partial charge in [-0.1, -0.05) is 0 Å². The van der Waals surface area contributed by atoms with E-state index in [1.807, 2.05) is 11.4 Å². The van der Waals surface area contributed by atoms with E-state index in [2.05, 4.69) is 25.9 Å². The number of nitrogens with one attached hydrogen (secondary N) is 1. The molecule has 0 radical (unpaired) electrons. The van der Waals surface area contributed by atoms with Gasteiger partial charge in [0.15, 0.2) is 0 Å². The molecular formula is C8H5BrN2OS. The van der Waals surface area contributed by atoms with Crippen LogP contribution in [0.4, 0.5) is 0 Å². The molecule has 0 amide bonds. The van der Waals surface area contributed by atoms with E-state index < -0.39 is 0 Å². The van der Waals surface area contributed by atoms with E-state index in [1.165, 1.54) is 23.6 Å². The first kappa shape index (κ1) is 8.65. The van der Waals surface area contributed by atoms with Crippen molar-refractivity contribution >= 4 is 27.3 Å². The first-order chi connectivity index (χ1) is 6.25. The minimum atomic E-state index is -0.130. The lowest BCUT2D eigenvalue weighted by molar-refractivity contribution is 1.14. The molecule has 2 aromatic rings. The number of aromatic nitrogens is 2. The molecule has 5 heteroatoms. The van der Waals surface area contributed by atoms with Gasteiger partial charge in [0.2, 0.25) is 0 Å². The second kappa shape index (κ2) is 3.43. The summed E-state index contributed by atoms with van der Waals surface area (Å²) in [5.41, 5.74) is -0.130. The molecule has 2 heterocycles. The Morgan fingerprint density at radius 3 is 3.00 bits per heavy atom. The predicted molar refractivity (Wildman–Crippen MR) is 55.9 cm³/mol. The topological polar surface area (TPSA) is 45.8 Å². The van der Waals surface area contributed by atoms with Crippen molar-refractivity contribution in [3.05, 3.63) is 38.5 Å². The fourth-order valence-corrected chi connectivity index (χ4v) is 2.31. The van der Waals surface area contributed by atoms with Crippen LogP contribution in [0.15, 0.2) is 33.0 Å². The Hall–Kier alpha value is -0.940. The van der Waals surface area contributed by atoms with Gasteiger partial charge in [-0.2, -0.15) is 0 Å². The predicted octanol–water partition coefficient (Wildman–Crippen LogP) is 2.26. The highest BCUT2D eigenvalue weighted by Crippen LogP contribution is 2.26. The maximum atomic E-state index is 11.0. The fraction of sp³-hybridized carbons (Fsp3) is 0. The van der Waals surface area contributed by atoms with Crippen molar-refractivity contribution in [3.8, 4) is 10.7 Å². The van der Waals surface area contributed by atoms with Crippen LogP contribution in [0.5, 0.6) is 0 Å². The molecule has 0 atom stereocenters. The Morgan fingerprint density at radius 1 is 1.54 bits per heavy atom. The smallest absolute Gasteiger partial charge is 0.251 e. The van der Waals surface area contributed by atoms with E-state index in [0.717, 1.165) is 9.35 Å². The molecule has 0 fully saturated rings. The van der Waals surface area contributed by atoms with Crippen molar-refractivity contribution in [2.45, 2.75) is 0 Å². The quantitative estimate of drug-likeness (QED) is 0.851. The summed E-state index contributed by atoms with van der Waals surface area (Å²) in [5, 5.41) is 1.95. The van der Waals surface area contributed by atoms with Crippen LogP contribution >= 0.6 is 27.3 Å². The minimum Gasteiger partial charge on any atom is -0.306 e. The number of hydrogen-bond acceptors (Lipinski definition) is 3. The Morgan fingerprint density at radius 2 is 2.38 bits per heavy atom. The molecule has 0 aliphatic rings. The lowest BCUT2D eigenvalue weighted by Crippen LogP contribution is -2.04. The largest absolute Gasteiger partial charge is 0.306 e. The lowest BCUT2D eigenvalue weighted by Gasteiger charge is -1.92. The number of aromatic amines is 1. The molecule has 66 valence electrons. The van der Waals surface area contributed by atoms with E-state index in [9.17, 15) is 4.79 Å². The lowest BCUT2D eigenvalue weighted by atomic mass is 10.4. The number of hydrogen-bond donors (Lipinski definition) is 1. The molecule has 2 aromatic heterocycles. The van der Waals surface area contributed by atoms with Gasteiger partial charge in [0.05, 0.1) is 4.88 Å². The average Bonchev–Trinajstić information content (AvgIpc) is 2.52. The Bertz CT molecular complexity index is 477. The first-order valence-corrected chi connectivity index (χ1v) is 5.23. The van der Waals surface area contributed by atoms with Crippen LogP contribution in [0.25, 0.3) is 10.7 Å². The highest BCUT2D eigenvalue weighted by Gasteiger charge is 2.02. The van der Waals surface area contributed by atoms with Crippen LogP contribution in [-0.4, -0.2) is 9.97 Å².